The first-order valence-electron chi connectivity index (χ1n) is 6.52. The zero-order chi connectivity index (χ0) is 15.2. The molecule has 0 aromatic heterocycles. The second-order valence-electron chi connectivity index (χ2n) is 4.64. The third kappa shape index (κ3) is 4.74. The van der Waals surface area contributed by atoms with Crippen LogP contribution in [-0.2, 0) is 17.8 Å². The Morgan fingerprint density at radius 3 is 2.67 bits per heavy atom. The number of hydrogen-bond donors (Lipinski definition) is 2. The molecule has 2 aromatic carbocycles. The molecule has 0 heterocycles. The van der Waals surface area contributed by atoms with Crippen LogP contribution in [0.1, 0.15) is 17.5 Å². The van der Waals surface area contributed by atoms with Gasteiger partial charge in [0.25, 0.3) is 0 Å². The Balaban J connectivity index is 1.92. The fraction of sp³-hybridized carbons (Fsp3) is 0.188. The molecule has 0 spiro atoms. The van der Waals surface area contributed by atoms with Gasteiger partial charge in [0.15, 0.2) is 0 Å². The van der Waals surface area contributed by atoms with Crippen LogP contribution in [0.3, 0.4) is 0 Å². The minimum Gasteiger partial charge on any atom is -0.392 e. The van der Waals surface area contributed by atoms with Crippen LogP contribution >= 0.6 is 23.2 Å². The number of benzene rings is 2. The van der Waals surface area contributed by atoms with Crippen LogP contribution in [0.5, 0.6) is 0 Å². The predicted molar refractivity (Wildman–Crippen MR) is 85.8 cm³/mol. The van der Waals surface area contributed by atoms with Crippen molar-refractivity contribution in [1.29, 1.82) is 0 Å². The first kappa shape index (κ1) is 15.8. The number of aryl methyl sites for hydroxylation is 1. The SMILES string of the molecule is O=C(CCc1ccc(Cl)cc1Cl)Nc1cccc(CO)c1. The number of halogens is 2. The van der Waals surface area contributed by atoms with Gasteiger partial charge in [-0.3, -0.25) is 4.79 Å². The summed E-state index contributed by atoms with van der Waals surface area (Å²) in [5.74, 6) is -0.101. The van der Waals surface area contributed by atoms with Crippen LogP contribution in [0.2, 0.25) is 10.0 Å². The highest BCUT2D eigenvalue weighted by atomic mass is 35.5. The Morgan fingerprint density at radius 1 is 1.14 bits per heavy atom. The van der Waals surface area contributed by atoms with Gasteiger partial charge in [0.2, 0.25) is 5.91 Å². The highest BCUT2D eigenvalue weighted by molar-refractivity contribution is 6.35. The molecule has 110 valence electrons. The molecule has 2 rings (SSSR count). The summed E-state index contributed by atoms with van der Waals surface area (Å²) < 4.78 is 0. The lowest BCUT2D eigenvalue weighted by atomic mass is 10.1. The third-order valence-electron chi connectivity index (χ3n) is 3.03. The zero-order valence-corrected chi connectivity index (χ0v) is 12.8. The number of nitrogens with one attached hydrogen (secondary N) is 1. The molecule has 0 saturated heterocycles. The molecule has 0 aliphatic rings. The van der Waals surface area contributed by atoms with E-state index in [1.54, 1.807) is 36.4 Å². The van der Waals surface area contributed by atoms with E-state index in [1.807, 2.05) is 6.07 Å². The van der Waals surface area contributed by atoms with Crippen molar-refractivity contribution in [1.82, 2.24) is 0 Å². The van der Waals surface area contributed by atoms with Gasteiger partial charge in [-0.15, -0.1) is 0 Å². The van der Waals surface area contributed by atoms with Crippen LogP contribution in [0.15, 0.2) is 42.5 Å². The number of hydrogen-bond acceptors (Lipinski definition) is 2. The maximum Gasteiger partial charge on any atom is 0.224 e. The summed E-state index contributed by atoms with van der Waals surface area (Å²) >= 11 is 11.9. The molecule has 0 unspecified atom stereocenters. The van der Waals surface area contributed by atoms with Crippen LogP contribution in [0.25, 0.3) is 0 Å². The molecule has 0 saturated carbocycles. The second-order valence-corrected chi connectivity index (χ2v) is 5.49. The van der Waals surface area contributed by atoms with Crippen LogP contribution < -0.4 is 5.32 Å². The van der Waals surface area contributed by atoms with Gasteiger partial charge in [0.1, 0.15) is 0 Å². The molecule has 0 radical (unpaired) electrons. The van der Waals surface area contributed by atoms with E-state index in [-0.39, 0.29) is 12.5 Å². The lowest BCUT2D eigenvalue weighted by Gasteiger charge is -2.07. The maximum atomic E-state index is 11.9. The Bertz CT molecular complexity index is 644. The van der Waals surface area contributed by atoms with Crippen molar-refractivity contribution in [2.75, 3.05) is 5.32 Å². The first-order valence-corrected chi connectivity index (χ1v) is 7.27. The van der Waals surface area contributed by atoms with Crippen molar-refractivity contribution in [3.05, 3.63) is 63.6 Å². The average molecular weight is 324 g/mol. The fourth-order valence-electron chi connectivity index (χ4n) is 1.94. The highest BCUT2D eigenvalue weighted by Gasteiger charge is 2.06. The van der Waals surface area contributed by atoms with Crippen molar-refractivity contribution in [3.63, 3.8) is 0 Å². The van der Waals surface area contributed by atoms with Gasteiger partial charge in [0.05, 0.1) is 6.61 Å². The van der Waals surface area contributed by atoms with Crippen LogP contribution in [0, 0.1) is 0 Å². The number of rotatable bonds is 5. The van der Waals surface area contributed by atoms with E-state index in [9.17, 15) is 4.79 Å². The molecule has 3 nitrogen and oxygen atoms in total. The van der Waals surface area contributed by atoms with Gasteiger partial charge in [-0.1, -0.05) is 41.4 Å². The van der Waals surface area contributed by atoms with E-state index in [4.69, 9.17) is 28.3 Å². The van der Waals surface area contributed by atoms with Crippen LogP contribution in [-0.4, -0.2) is 11.0 Å². The number of anilines is 1. The van der Waals surface area contributed by atoms with Gasteiger partial charge in [-0.05, 0) is 41.8 Å². The van der Waals surface area contributed by atoms with Crippen LogP contribution in [0.4, 0.5) is 5.69 Å². The van der Waals surface area contributed by atoms with Crippen molar-refractivity contribution >= 4 is 34.8 Å². The summed E-state index contributed by atoms with van der Waals surface area (Å²) in [5.41, 5.74) is 2.32. The minimum atomic E-state index is -0.101. The third-order valence-corrected chi connectivity index (χ3v) is 3.62. The lowest BCUT2D eigenvalue weighted by molar-refractivity contribution is -0.116. The molecule has 1 amide bonds. The molecule has 0 bridgehead atoms. The van der Waals surface area contributed by atoms with Crippen molar-refractivity contribution in [2.24, 2.45) is 0 Å². The summed E-state index contributed by atoms with van der Waals surface area (Å²) in [6, 6.07) is 12.4. The number of aliphatic hydroxyl groups excluding tert-OH is 1. The largest absolute Gasteiger partial charge is 0.392 e. The van der Waals surface area contributed by atoms with Crippen molar-refractivity contribution < 1.29 is 9.90 Å². The fourth-order valence-corrected chi connectivity index (χ4v) is 2.45. The van der Waals surface area contributed by atoms with E-state index >= 15 is 0 Å². The van der Waals surface area contributed by atoms with E-state index < -0.39 is 0 Å². The number of amides is 1. The van der Waals surface area contributed by atoms with E-state index in [1.165, 1.54) is 0 Å². The summed E-state index contributed by atoms with van der Waals surface area (Å²) in [6.45, 7) is -0.0515. The van der Waals surface area contributed by atoms with Crippen molar-refractivity contribution in [3.8, 4) is 0 Å². The molecule has 2 aromatic rings. The standard InChI is InChI=1S/C16H15Cl2NO2/c17-13-6-4-12(15(18)9-13)5-7-16(21)19-14-3-1-2-11(8-14)10-20/h1-4,6,8-9,20H,5,7,10H2,(H,19,21). The summed E-state index contributed by atoms with van der Waals surface area (Å²) in [4.78, 5) is 11.9. The zero-order valence-electron chi connectivity index (χ0n) is 11.3. The van der Waals surface area contributed by atoms with E-state index in [0.29, 0.717) is 28.6 Å². The number of carbonyl (C=O) groups excluding carboxylic acids is 1. The Morgan fingerprint density at radius 2 is 1.95 bits per heavy atom. The molecule has 5 heteroatoms. The van der Waals surface area contributed by atoms with E-state index in [0.717, 1.165) is 11.1 Å². The highest BCUT2D eigenvalue weighted by Crippen LogP contribution is 2.22. The molecule has 0 aliphatic heterocycles. The van der Waals surface area contributed by atoms with Gasteiger partial charge in [0, 0.05) is 22.2 Å². The predicted octanol–water partition coefficient (Wildman–Crippen LogP) is 4.06. The van der Waals surface area contributed by atoms with Gasteiger partial charge in [-0.25, -0.2) is 0 Å². The normalized spacial score (nSPS) is 10.4. The summed E-state index contributed by atoms with van der Waals surface area (Å²) in [6.07, 6.45) is 0.867. The molecular formula is C16H15Cl2NO2. The Kier molecular flexibility index (Phi) is 5.62. The van der Waals surface area contributed by atoms with Gasteiger partial charge >= 0.3 is 0 Å². The Hall–Kier alpha value is -1.55. The summed E-state index contributed by atoms with van der Waals surface area (Å²) in [7, 11) is 0. The lowest BCUT2D eigenvalue weighted by Crippen LogP contribution is -2.12. The molecular weight excluding hydrogens is 309 g/mol. The smallest absolute Gasteiger partial charge is 0.224 e. The summed E-state index contributed by atoms with van der Waals surface area (Å²) in [5, 5.41) is 13.0. The second kappa shape index (κ2) is 7.46. The van der Waals surface area contributed by atoms with E-state index in [2.05, 4.69) is 5.32 Å². The monoisotopic (exact) mass is 323 g/mol. The quantitative estimate of drug-likeness (QED) is 0.871. The molecule has 0 aliphatic carbocycles. The number of carbonyl (C=O) groups is 1. The molecule has 0 atom stereocenters. The number of aliphatic hydroxyl groups is 1. The average Bonchev–Trinajstić information content (AvgIpc) is 2.46. The molecule has 2 N–H and O–H groups in total. The van der Waals surface area contributed by atoms with Crippen molar-refractivity contribution in [2.45, 2.75) is 19.4 Å². The molecule has 0 fully saturated rings. The first-order chi connectivity index (χ1) is 10.1. The minimum absolute atomic E-state index is 0.0515. The Labute approximate surface area is 133 Å². The van der Waals surface area contributed by atoms with Gasteiger partial charge in [-0.2, -0.15) is 0 Å². The molecule has 21 heavy (non-hydrogen) atoms. The van der Waals surface area contributed by atoms with Gasteiger partial charge < -0.3 is 10.4 Å². The maximum absolute atomic E-state index is 11.9. The topological polar surface area (TPSA) is 49.3 Å².